The number of aromatic nitrogens is 3. The first kappa shape index (κ1) is 16.7. The molecule has 0 bridgehead atoms. The molecule has 2 aliphatic heterocycles. The number of methoxy groups -OCH3 is 1. The summed E-state index contributed by atoms with van der Waals surface area (Å²) in [5.74, 6) is -0.628. The summed E-state index contributed by atoms with van der Waals surface area (Å²) >= 11 is 0. The van der Waals surface area contributed by atoms with Gasteiger partial charge in [-0.3, -0.25) is 4.79 Å². The first-order valence-electron chi connectivity index (χ1n) is 8.38. The number of ether oxygens (including phenoxy) is 2. The van der Waals surface area contributed by atoms with Gasteiger partial charge in [-0.05, 0) is 29.7 Å². The van der Waals surface area contributed by atoms with E-state index in [1.807, 2.05) is 18.2 Å². The molecule has 136 valence electrons. The molecule has 0 unspecified atom stereocenters. The Kier molecular flexibility index (Phi) is 4.39. The molecule has 2 atom stereocenters. The lowest BCUT2D eigenvalue weighted by molar-refractivity contribution is -0.117. The van der Waals surface area contributed by atoms with Crippen molar-refractivity contribution in [2.75, 3.05) is 19.0 Å². The van der Waals surface area contributed by atoms with Crippen LogP contribution in [0.5, 0.6) is 0 Å². The summed E-state index contributed by atoms with van der Waals surface area (Å²) in [6, 6.07) is 5.43. The summed E-state index contributed by atoms with van der Waals surface area (Å²) < 4.78 is 11.6. The lowest BCUT2D eigenvalue weighted by Gasteiger charge is -2.12. The molecule has 2 N–H and O–H groups in total. The van der Waals surface area contributed by atoms with E-state index in [1.165, 1.54) is 7.11 Å². The molecule has 0 spiro atoms. The van der Waals surface area contributed by atoms with Gasteiger partial charge >= 0.3 is 5.97 Å². The maximum absolute atomic E-state index is 12.5. The van der Waals surface area contributed by atoms with Gasteiger partial charge in [0.05, 0.1) is 38.6 Å². The molecule has 9 nitrogen and oxygen atoms in total. The minimum Gasteiger partial charge on any atom is -0.464 e. The average Bonchev–Trinajstić information content (AvgIpc) is 3.39. The van der Waals surface area contributed by atoms with Crippen molar-refractivity contribution < 1.29 is 19.1 Å². The first-order chi connectivity index (χ1) is 12.6. The highest BCUT2D eigenvalue weighted by atomic mass is 16.5. The third kappa shape index (κ3) is 3.18. The van der Waals surface area contributed by atoms with Gasteiger partial charge in [0.25, 0.3) is 0 Å². The maximum Gasteiger partial charge on any atom is 0.360 e. The standard InChI is InChI=1S/C17H19N5O4/c1-25-17(24)15-7-22(21-20-15)13-5-14(18-6-13)16(23)19-12-3-2-10-8-26-9-11(10)4-12/h2-4,7,13-14,18H,5-6,8-9H2,1H3,(H,19,23)/t13-,14+/m1/s1. The molecule has 1 amide bonds. The van der Waals surface area contributed by atoms with E-state index in [2.05, 4.69) is 25.7 Å². The highest BCUT2D eigenvalue weighted by Gasteiger charge is 2.31. The van der Waals surface area contributed by atoms with Gasteiger partial charge in [-0.2, -0.15) is 0 Å². The number of rotatable bonds is 4. The summed E-state index contributed by atoms with van der Waals surface area (Å²) in [6.45, 7) is 1.78. The highest BCUT2D eigenvalue weighted by molar-refractivity contribution is 5.95. The van der Waals surface area contributed by atoms with Crippen molar-refractivity contribution in [3.05, 3.63) is 41.2 Å². The van der Waals surface area contributed by atoms with E-state index in [0.717, 1.165) is 16.8 Å². The summed E-state index contributed by atoms with van der Waals surface area (Å²) in [5, 5.41) is 13.9. The van der Waals surface area contributed by atoms with Crippen LogP contribution in [0.4, 0.5) is 5.69 Å². The Hall–Kier alpha value is -2.78. The van der Waals surface area contributed by atoms with Crippen LogP contribution in [0.1, 0.15) is 34.1 Å². The number of benzene rings is 1. The Balaban J connectivity index is 1.38. The zero-order valence-electron chi connectivity index (χ0n) is 14.3. The van der Waals surface area contributed by atoms with E-state index in [0.29, 0.717) is 26.2 Å². The second-order valence-corrected chi connectivity index (χ2v) is 6.39. The van der Waals surface area contributed by atoms with Gasteiger partial charge in [0.1, 0.15) is 0 Å². The van der Waals surface area contributed by atoms with E-state index >= 15 is 0 Å². The van der Waals surface area contributed by atoms with Crippen LogP contribution in [-0.4, -0.2) is 46.6 Å². The normalized spacial score (nSPS) is 21.4. The summed E-state index contributed by atoms with van der Waals surface area (Å²) in [7, 11) is 1.30. The van der Waals surface area contributed by atoms with Crippen LogP contribution in [0.15, 0.2) is 24.4 Å². The molecule has 9 heteroatoms. The van der Waals surface area contributed by atoms with Crippen molar-refractivity contribution in [3.8, 4) is 0 Å². The quantitative estimate of drug-likeness (QED) is 0.773. The Bertz CT molecular complexity index is 849. The van der Waals surface area contributed by atoms with Crippen molar-refractivity contribution in [1.29, 1.82) is 0 Å². The Morgan fingerprint density at radius 2 is 2.19 bits per heavy atom. The Morgan fingerprint density at radius 1 is 1.35 bits per heavy atom. The summed E-state index contributed by atoms with van der Waals surface area (Å²) in [6.07, 6.45) is 2.10. The largest absolute Gasteiger partial charge is 0.464 e. The maximum atomic E-state index is 12.5. The fourth-order valence-corrected chi connectivity index (χ4v) is 3.25. The molecule has 3 heterocycles. The van der Waals surface area contributed by atoms with E-state index < -0.39 is 5.97 Å². The number of fused-ring (bicyclic) bond motifs is 1. The van der Waals surface area contributed by atoms with E-state index in [4.69, 9.17) is 4.74 Å². The number of carbonyl (C=O) groups excluding carboxylic acids is 2. The van der Waals surface area contributed by atoms with Crippen LogP contribution in [0.3, 0.4) is 0 Å². The van der Waals surface area contributed by atoms with Crippen molar-refractivity contribution in [2.45, 2.75) is 31.7 Å². The number of carbonyl (C=O) groups is 2. The predicted molar refractivity (Wildman–Crippen MR) is 90.4 cm³/mol. The molecule has 1 aromatic heterocycles. The van der Waals surface area contributed by atoms with Gasteiger partial charge in [-0.1, -0.05) is 11.3 Å². The average molecular weight is 357 g/mol. The zero-order valence-corrected chi connectivity index (χ0v) is 14.3. The molecule has 1 aromatic carbocycles. The van der Waals surface area contributed by atoms with Crippen LogP contribution >= 0.6 is 0 Å². The highest BCUT2D eigenvalue weighted by Crippen LogP contribution is 2.24. The van der Waals surface area contributed by atoms with Gasteiger partial charge < -0.3 is 20.1 Å². The fraction of sp³-hybridized carbons (Fsp3) is 0.412. The minimum atomic E-state index is -0.530. The Morgan fingerprint density at radius 3 is 3.04 bits per heavy atom. The number of anilines is 1. The number of esters is 1. The second-order valence-electron chi connectivity index (χ2n) is 6.39. The molecule has 0 aliphatic carbocycles. The number of hydrogen-bond donors (Lipinski definition) is 2. The molecule has 2 aromatic rings. The van der Waals surface area contributed by atoms with E-state index in [1.54, 1.807) is 10.9 Å². The minimum absolute atomic E-state index is 0.0509. The van der Waals surface area contributed by atoms with Gasteiger partial charge in [0, 0.05) is 12.2 Å². The van der Waals surface area contributed by atoms with Crippen LogP contribution < -0.4 is 10.6 Å². The summed E-state index contributed by atoms with van der Waals surface area (Å²) in [5.41, 5.74) is 3.19. The molecule has 4 rings (SSSR count). The second kappa shape index (κ2) is 6.85. The molecule has 0 saturated carbocycles. The smallest absolute Gasteiger partial charge is 0.360 e. The lowest BCUT2D eigenvalue weighted by Crippen LogP contribution is -2.35. The first-order valence-corrected chi connectivity index (χ1v) is 8.38. The molecule has 26 heavy (non-hydrogen) atoms. The van der Waals surface area contributed by atoms with Crippen LogP contribution in [-0.2, 0) is 27.5 Å². The third-order valence-corrected chi connectivity index (χ3v) is 4.69. The van der Waals surface area contributed by atoms with Crippen molar-refractivity contribution in [3.63, 3.8) is 0 Å². The van der Waals surface area contributed by atoms with Crippen LogP contribution in [0.25, 0.3) is 0 Å². The molecule has 2 aliphatic rings. The number of nitrogens with zero attached hydrogens (tertiary/aromatic N) is 3. The molecule has 1 fully saturated rings. The van der Waals surface area contributed by atoms with Gasteiger partial charge in [-0.15, -0.1) is 5.10 Å². The Labute approximate surface area is 149 Å². The molecular formula is C17H19N5O4. The van der Waals surface area contributed by atoms with Crippen molar-refractivity contribution in [1.82, 2.24) is 20.3 Å². The summed E-state index contributed by atoms with van der Waals surface area (Å²) in [4.78, 5) is 24.0. The zero-order chi connectivity index (χ0) is 18.1. The lowest BCUT2D eigenvalue weighted by atomic mass is 10.1. The van der Waals surface area contributed by atoms with Crippen LogP contribution in [0.2, 0.25) is 0 Å². The molecule has 1 saturated heterocycles. The van der Waals surface area contributed by atoms with Gasteiger partial charge in [0.15, 0.2) is 5.69 Å². The third-order valence-electron chi connectivity index (χ3n) is 4.69. The topological polar surface area (TPSA) is 107 Å². The molecular weight excluding hydrogens is 338 g/mol. The van der Waals surface area contributed by atoms with Crippen LogP contribution in [0, 0.1) is 0 Å². The predicted octanol–water partition coefficient (Wildman–Crippen LogP) is 0.637. The number of hydrogen-bond acceptors (Lipinski definition) is 7. The monoisotopic (exact) mass is 357 g/mol. The number of amides is 1. The van der Waals surface area contributed by atoms with Crippen molar-refractivity contribution >= 4 is 17.6 Å². The fourth-order valence-electron chi connectivity index (χ4n) is 3.25. The van der Waals surface area contributed by atoms with E-state index in [9.17, 15) is 9.59 Å². The molecule has 0 radical (unpaired) electrons. The van der Waals surface area contributed by atoms with Gasteiger partial charge in [-0.25, -0.2) is 9.48 Å². The van der Waals surface area contributed by atoms with E-state index in [-0.39, 0.29) is 23.7 Å². The van der Waals surface area contributed by atoms with Gasteiger partial charge in [0.2, 0.25) is 5.91 Å². The number of nitrogens with one attached hydrogen (secondary N) is 2. The van der Waals surface area contributed by atoms with Crippen molar-refractivity contribution in [2.24, 2.45) is 0 Å². The SMILES string of the molecule is COC(=O)c1cn([C@H]2CN[C@H](C(=O)Nc3ccc4c(c3)COC4)C2)nn1.